The maximum absolute atomic E-state index is 11.8. The summed E-state index contributed by atoms with van der Waals surface area (Å²) >= 11 is 0. The molecule has 0 radical (unpaired) electrons. The molecule has 0 unspecified atom stereocenters. The molecule has 0 aliphatic heterocycles. The van der Waals surface area contributed by atoms with Gasteiger partial charge in [0.1, 0.15) is 0 Å². The maximum atomic E-state index is 11.8. The number of hydrogen-bond donors (Lipinski definition) is 2. The van der Waals surface area contributed by atoms with E-state index in [9.17, 15) is 4.79 Å². The third kappa shape index (κ3) is 3.66. The number of rotatable bonds is 4. The Morgan fingerprint density at radius 1 is 1.31 bits per heavy atom. The van der Waals surface area contributed by atoms with E-state index in [1.54, 1.807) is 0 Å². The smallest absolute Gasteiger partial charge is 0.226 e. The highest BCUT2D eigenvalue weighted by Crippen LogP contribution is 2.15. The molecule has 0 heterocycles. The predicted octanol–water partition coefficient (Wildman–Crippen LogP) is 2.32. The quantitative estimate of drug-likeness (QED) is 0.817. The maximum Gasteiger partial charge on any atom is 0.226 e. The Morgan fingerprint density at radius 2 is 1.94 bits per heavy atom. The molecule has 1 rings (SSSR count). The fourth-order valence-corrected chi connectivity index (χ4v) is 1.40. The fourth-order valence-electron chi connectivity index (χ4n) is 1.40. The van der Waals surface area contributed by atoms with Crippen LogP contribution in [0.4, 0.5) is 5.69 Å². The van der Waals surface area contributed by atoms with Gasteiger partial charge in [-0.05, 0) is 39.4 Å². The van der Waals surface area contributed by atoms with Gasteiger partial charge in [0.2, 0.25) is 5.91 Å². The number of aryl methyl sites for hydroxylation is 1. The lowest BCUT2D eigenvalue weighted by Gasteiger charge is -2.23. The molecule has 0 aromatic heterocycles. The molecule has 0 saturated carbocycles. The monoisotopic (exact) mass is 220 g/mol. The van der Waals surface area contributed by atoms with Gasteiger partial charge in [0.15, 0.2) is 0 Å². The summed E-state index contributed by atoms with van der Waals surface area (Å²) in [4.78, 5) is 11.8. The van der Waals surface area contributed by atoms with Crippen molar-refractivity contribution in [3.63, 3.8) is 0 Å². The molecule has 0 atom stereocenters. The lowest BCUT2D eigenvalue weighted by Crippen LogP contribution is -2.39. The van der Waals surface area contributed by atoms with Crippen LogP contribution in [0.15, 0.2) is 24.3 Å². The number of anilines is 1. The Labute approximate surface area is 97.2 Å². The zero-order chi connectivity index (χ0) is 12.2. The summed E-state index contributed by atoms with van der Waals surface area (Å²) in [6.45, 7) is 5.99. The minimum absolute atomic E-state index is 0.0358. The van der Waals surface area contributed by atoms with E-state index in [0.29, 0.717) is 6.42 Å². The molecular formula is C13H20N2O. The summed E-state index contributed by atoms with van der Waals surface area (Å²) in [5.41, 5.74) is 1.80. The van der Waals surface area contributed by atoms with Gasteiger partial charge >= 0.3 is 0 Å². The van der Waals surface area contributed by atoms with E-state index < -0.39 is 0 Å². The summed E-state index contributed by atoms with van der Waals surface area (Å²) in [5.74, 6) is 0.0358. The van der Waals surface area contributed by atoms with Crippen molar-refractivity contribution in [2.24, 2.45) is 0 Å². The van der Waals surface area contributed by atoms with Gasteiger partial charge in [0.25, 0.3) is 0 Å². The lowest BCUT2D eigenvalue weighted by molar-refractivity contribution is -0.117. The van der Waals surface area contributed by atoms with Crippen LogP contribution in [-0.2, 0) is 4.79 Å². The Hall–Kier alpha value is -1.35. The van der Waals surface area contributed by atoms with E-state index in [1.807, 2.05) is 52.1 Å². The normalized spacial score (nSPS) is 11.2. The summed E-state index contributed by atoms with van der Waals surface area (Å²) in [6.07, 6.45) is 0.456. The Morgan fingerprint density at radius 3 is 2.50 bits per heavy atom. The van der Waals surface area contributed by atoms with Gasteiger partial charge in [0.05, 0.1) is 0 Å². The van der Waals surface area contributed by atoms with Crippen LogP contribution in [0.3, 0.4) is 0 Å². The third-order valence-corrected chi connectivity index (χ3v) is 2.70. The number of para-hydroxylation sites is 1. The van der Waals surface area contributed by atoms with Crippen molar-refractivity contribution in [1.82, 2.24) is 5.32 Å². The van der Waals surface area contributed by atoms with Gasteiger partial charge in [-0.15, -0.1) is 0 Å². The van der Waals surface area contributed by atoms with E-state index in [-0.39, 0.29) is 11.4 Å². The fraction of sp³-hybridized carbons (Fsp3) is 0.462. The van der Waals surface area contributed by atoms with E-state index in [0.717, 1.165) is 11.3 Å². The number of hydrogen-bond acceptors (Lipinski definition) is 2. The van der Waals surface area contributed by atoms with Crippen molar-refractivity contribution in [1.29, 1.82) is 0 Å². The summed E-state index contributed by atoms with van der Waals surface area (Å²) in [6, 6.07) is 7.78. The standard InChI is InChI=1S/C13H20N2O/c1-10-7-5-6-8-11(10)15-12(16)9-13(2,3)14-4/h5-8,14H,9H2,1-4H3,(H,15,16). The van der Waals surface area contributed by atoms with Crippen molar-refractivity contribution in [3.05, 3.63) is 29.8 Å². The molecule has 0 aliphatic carbocycles. The van der Waals surface area contributed by atoms with Crippen LogP contribution >= 0.6 is 0 Å². The van der Waals surface area contributed by atoms with Crippen LogP contribution in [0.1, 0.15) is 25.8 Å². The Kier molecular flexibility index (Phi) is 4.07. The van der Waals surface area contributed by atoms with Crippen LogP contribution in [0.2, 0.25) is 0 Å². The molecule has 0 spiro atoms. The zero-order valence-corrected chi connectivity index (χ0v) is 10.4. The van der Waals surface area contributed by atoms with Gasteiger partial charge in [0, 0.05) is 17.6 Å². The first-order chi connectivity index (χ1) is 7.44. The molecule has 2 N–H and O–H groups in total. The van der Waals surface area contributed by atoms with Crippen molar-refractivity contribution in [2.45, 2.75) is 32.7 Å². The second-order valence-electron chi connectivity index (χ2n) is 4.67. The van der Waals surface area contributed by atoms with Crippen LogP contribution in [0.25, 0.3) is 0 Å². The molecule has 1 amide bonds. The average molecular weight is 220 g/mol. The molecule has 88 valence electrons. The van der Waals surface area contributed by atoms with Gasteiger partial charge in [-0.1, -0.05) is 18.2 Å². The second-order valence-corrected chi connectivity index (χ2v) is 4.67. The van der Waals surface area contributed by atoms with Gasteiger partial charge in [-0.2, -0.15) is 0 Å². The number of amides is 1. The predicted molar refractivity (Wildman–Crippen MR) is 67.6 cm³/mol. The van der Waals surface area contributed by atoms with E-state index in [2.05, 4.69) is 10.6 Å². The Balaban J connectivity index is 2.62. The molecule has 16 heavy (non-hydrogen) atoms. The molecule has 0 fully saturated rings. The summed E-state index contributed by atoms with van der Waals surface area (Å²) in [5, 5.41) is 6.03. The molecule has 0 aliphatic rings. The first kappa shape index (κ1) is 12.7. The van der Waals surface area contributed by atoms with E-state index in [1.165, 1.54) is 0 Å². The number of nitrogens with one attached hydrogen (secondary N) is 2. The first-order valence-electron chi connectivity index (χ1n) is 5.49. The van der Waals surface area contributed by atoms with Crippen LogP contribution in [-0.4, -0.2) is 18.5 Å². The number of carbonyl (C=O) groups is 1. The number of carbonyl (C=O) groups excluding carboxylic acids is 1. The molecule has 0 bridgehead atoms. The zero-order valence-electron chi connectivity index (χ0n) is 10.4. The Bertz CT molecular complexity index is 372. The SMILES string of the molecule is CNC(C)(C)CC(=O)Nc1ccccc1C. The highest BCUT2D eigenvalue weighted by Gasteiger charge is 2.19. The van der Waals surface area contributed by atoms with Crippen molar-refractivity contribution < 1.29 is 4.79 Å². The van der Waals surface area contributed by atoms with Crippen molar-refractivity contribution >= 4 is 11.6 Å². The van der Waals surface area contributed by atoms with E-state index in [4.69, 9.17) is 0 Å². The van der Waals surface area contributed by atoms with Gasteiger partial charge < -0.3 is 10.6 Å². The van der Waals surface area contributed by atoms with Crippen LogP contribution < -0.4 is 10.6 Å². The minimum atomic E-state index is -0.174. The minimum Gasteiger partial charge on any atom is -0.326 e. The highest BCUT2D eigenvalue weighted by molar-refractivity contribution is 5.92. The highest BCUT2D eigenvalue weighted by atomic mass is 16.1. The molecule has 1 aromatic carbocycles. The molecule has 3 nitrogen and oxygen atoms in total. The third-order valence-electron chi connectivity index (χ3n) is 2.70. The van der Waals surface area contributed by atoms with E-state index >= 15 is 0 Å². The molecular weight excluding hydrogens is 200 g/mol. The second kappa shape index (κ2) is 5.12. The topological polar surface area (TPSA) is 41.1 Å². The number of benzene rings is 1. The molecule has 3 heteroatoms. The largest absolute Gasteiger partial charge is 0.326 e. The van der Waals surface area contributed by atoms with Gasteiger partial charge in [-0.25, -0.2) is 0 Å². The summed E-state index contributed by atoms with van der Waals surface area (Å²) in [7, 11) is 1.86. The van der Waals surface area contributed by atoms with Gasteiger partial charge in [-0.3, -0.25) is 4.79 Å². The van der Waals surface area contributed by atoms with Crippen LogP contribution in [0.5, 0.6) is 0 Å². The van der Waals surface area contributed by atoms with Crippen molar-refractivity contribution in [3.8, 4) is 0 Å². The summed E-state index contributed by atoms with van der Waals surface area (Å²) < 4.78 is 0. The van der Waals surface area contributed by atoms with Crippen LogP contribution in [0, 0.1) is 6.92 Å². The molecule has 1 aromatic rings. The molecule has 0 saturated heterocycles. The lowest BCUT2D eigenvalue weighted by atomic mass is 10.0. The average Bonchev–Trinajstić information content (AvgIpc) is 2.21. The first-order valence-corrected chi connectivity index (χ1v) is 5.49. The van der Waals surface area contributed by atoms with Crippen molar-refractivity contribution in [2.75, 3.05) is 12.4 Å².